The van der Waals surface area contributed by atoms with Gasteiger partial charge < -0.3 is 5.73 Å². The summed E-state index contributed by atoms with van der Waals surface area (Å²) in [5.41, 5.74) is 6.57. The molecule has 0 spiro atoms. The second-order valence-electron chi connectivity index (χ2n) is 5.06. The lowest BCUT2D eigenvalue weighted by atomic mass is 10.1. The molecule has 0 unspecified atom stereocenters. The molecule has 0 bridgehead atoms. The summed E-state index contributed by atoms with van der Waals surface area (Å²) in [6.07, 6.45) is 0. The van der Waals surface area contributed by atoms with Crippen LogP contribution < -0.4 is 5.73 Å². The molecular formula is C16H16FNO3S. The second kappa shape index (κ2) is 6.27. The van der Waals surface area contributed by atoms with Crippen LogP contribution in [0.4, 0.5) is 4.39 Å². The smallest absolute Gasteiger partial charge is 0.248 e. The highest BCUT2D eigenvalue weighted by atomic mass is 32.2. The number of hydrogen-bond donors (Lipinski definition) is 1. The van der Waals surface area contributed by atoms with Crippen LogP contribution in [-0.4, -0.2) is 14.3 Å². The first-order valence-corrected chi connectivity index (χ1v) is 8.37. The molecule has 2 N–H and O–H groups in total. The molecule has 0 aliphatic rings. The third kappa shape index (κ3) is 3.71. The summed E-state index contributed by atoms with van der Waals surface area (Å²) in [6, 6.07) is 11.5. The van der Waals surface area contributed by atoms with Gasteiger partial charge in [-0.25, -0.2) is 12.8 Å². The number of halogens is 1. The SMILES string of the molecule is C[C@H](c1ccc(F)cc1)S(=O)(=O)Cc1ccc(C(N)=O)cc1. The van der Waals surface area contributed by atoms with E-state index in [4.69, 9.17) is 5.73 Å². The Morgan fingerprint density at radius 1 is 1.09 bits per heavy atom. The van der Waals surface area contributed by atoms with Gasteiger partial charge in [-0.1, -0.05) is 24.3 Å². The lowest BCUT2D eigenvalue weighted by Gasteiger charge is -2.13. The molecule has 4 nitrogen and oxygen atoms in total. The van der Waals surface area contributed by atoms with Gasteiger partial charge in [0, 0.05) is 5.56 Å². The summed E-state index contributed by atoms with van der Waals surface area (Å²) in [4.78, 5) is 11.0. The highest BCUT2D eigenvalue weighted by molar-refractivity contribution is 7.90. The molecule has 0 saturated heterocycles. The molecule has 0 radical (unpaired) electrons. The predicted octanol–water partition coefficient (Wildman–Crippen LogP) is 2.60. The van der Waals surface area contributed by atoms with Gasteiger partial charge in [0.15, 0.2) is 9.84 Å². The normalized spacial score (nSPS) is 12.8. The number of amides is 1. The zero-order valence-corrected chi connectivity index (χ0v) is 12.8. The number of hydrogen-bond acceptors (Lipinski definition) is 3. The van der Waals surface area contributed by atoms with Crippen molar-refractivity contribution >= 4 is 15.7 Å². The number of nitrogens with two attached hydrogens (primary N) is 1. The van der Waals surface area contributed by atoms with Gasteiger partial charge >= 0.3 is 0 Å². The summed E-state index contributed by atoms with van der Waals surface area (Å²) in [5.74, 6) is -1.13. The average Bonchev–Trinajstić information content (AvgIpc) is 2.47. The van der Waals surface area contributed by atoms with E-state index in [1.54, 1.807) is 19.1 Å². The van der Waals surface area contributed by atoms with Gasteiger partial charge in [0.05, 0.1) is 11.0 Å². The van der Waals surface area contributed by atoms with Crippen LogP contribution in [0.3, 0.4) is 0 Å². The van der Waals surface area contributed by atoms with Crippen molar-refractivity contribution < 1.29 is 17.6 Å². The molecule has 0 heterocycles. The van der Waals surface area contributed by atoms with Gasteiger partial charge in [0.25, 0.3) is 0 Å². The third-order valence-electron chi connectivity index (χ3n) is 3.48. The zero-order valence-electron chi connectivity index (χ0n) is 12.0. The number of rotatable bonds is 5. The summed E-state index contributed by atoms with van der Waals surface area (Å²) in [6.45, 7) is 1.57. The Kier molecular flexibility index (Phi) is 4.61. The maximum absolute atomic E-state index is 12.9. The Hall–Kier alpha value is -2.21. The van der Waals surface area contributed by atoms with Crippen molar-refractivity contribution in [1.82, 2.24) is 0 Å². The largest absolute Gasteiger partial charge is 0.366 e. The van der Waals surface area contributed by atoms with Crippen molar-refractivity contribution in [2.45, 2.75) is 17.9 Å². The van der Waals surface area contributed by atoms with Gasteiger partial charge in [-0.2, -0.15) is 0 Å². The van der Waals surface area contributed by atoms with Crippen LogP contribution in [0.25, 0.3) is 0 Å². The lowest BCUT2D eigenvalue weighted by molar-refractivity contribution is 0.100. The fourth-order valence-electron chi connectivity index (χ4n) is 2.06. The van der Waals surface area contributed by atoms with Crippen molar-refractivity contribution in [3.8, 4) is 0 Å². The number of carbonyl (C=O) groups is 1. The first-order valence-electron chi connectivity index (χ1n) is 6.65. The van der Waals surface area contributed by atoms with E-state index in [0.717, 1.165) is 0 Å². The molecule has 0 saturated carbocycles. The molecule has 0 aliphatic heterocycles. The Morgan fingerprint density at radius 2 is 1.64 bits per heavy atom. The van der Waals surface area contributed by atoms with Gasteiger partial charge in [0.1, 0.15) is 5.82 Å². The number of benzene rings is 2. The predicted molar refractivity (Wildman–Crippen MR) is 82.4 cm³/mol. The van der Waals surface area contributed by atoms with E-state index < -0.39 is 26.8 Å². The first kappa shape index (κ1) is 16.2. The first-order chi connectivity index (χ1) is 10.3. The number of sulfone groups is 1. The van der Waals surface area contributed by atoms with Crippen molar-refractivity contribution in [3.63, 3.8) is 0 Å². The molecule has 2 aromatic carbocycles. The minimum Gasteiger partial charge on any atom is -0.366 e. The lowest BCUT2D eigenvalue weighted by Crippen LogP contribution is -2.14. The molecule has 1 atom stereocenters. The van der Waals surface area contributed by atoms with Crippen molar-refractivity contribution in [2.75, 3.05) is 0 Å². The topological polar surface area (TPSA) is 77.2 Å². The van der Waals surface area contributed by atoms with Gasteiger partial charge in [-0.05, 0) is 42.3 Å². The van der Waals surface area contributed by atoms with Crippen LogP contribution in [0.1, 0.15) is 33.7 Å². The Bertz CT molecular complexity index is 768. The quantitative estimate of drug-likeness (QED) is 0.919. The van der Waals surface area contributed by atoms with Crippen LogP contribution in [0.15, 0.2) is 48.5 Å². The molecule has 6 heteroatoms. The molecule has 0 aromatic heterocycles. The van der Waals surface area contributed by atoms with E-state index in [1.807, 2.05) is 0 Å². The Balaban J connectivity index is 2.19. The van der Waals surface area contributed by atoms with Gasteiger partial charge in [0.2, 0.25) is 5.91 Å². The third-order valence-corrected chi connectivity index (χ3v) is 5.57. The van der Waals surface area contributed by atoms with E-state index in [2.05, 4.69) is 0 Å². The van der Waals surface area contributed by atoms with E-state index in [0.29, 0.717) is 16.7 Å². The molecule has 116 valence electrons. The van der Waals surface area contributed by atoms with Gasteiger partial charge in [-0.15, -0.1) is 0 Å². The fraction of sp³-hybridized carbons (Fsp3) is 0.188. The van der Waals surface area contributed by atoms with Crippen LogP contribution in [0.5, 0.6) is 0 Å². The van der Waals surface area contributed by atoms with E-state index >= 15 is 0 Å². The van der Waals surface area contributed by atoms with E-state index in [1.165, 1.54) is 36.4 Å². The fourth-order valence-corrected chi connectivity index (χ4v) is 3.54. The van der Waals surface area contributed by atoms with E-state index in [9.17, 15) is 17.6 Å². The maximum atomic E-state index is 12.9. The number of carbonyl (C=O) groups excluding carboxylic acids is 1. The minimum atomic E-state index is -3.45. The van der Waals surface area contributed by atoms with Crippen LogP contribution in [0, 0.1) is 5.82 Å². The summed E-state index contributed by atoms with van der Waals surface area (Å²) >= 11 is 0. The molecule has 0 aliphatic carbocycles. The van der Waals surface area contributed by atoms with Crippen LogP contribution >= 0.6 is 0 Å². The Morgan fingerprint density at radius 3 is 2.14 bits per heavy atom. The van der Waals surface area contributed by atoms with Gasteiger partial charge in [-0.3, -0.25) is 4.79 Å². The summed E-state index contributed by atoms with van der Waals surface area (Å²) in [7, 11) is -3.45. The Labute approximate surface area is 128 Å². The standard InChI is InChI=1S/C16H16FNO3S/c1-11(13-6-8-15(17)9-7-13)22(20,21)10-12-2-4-14(5-3-12)16(18)19/h2-9,11H,10H2,1H3,(H2,18,19)/t11-/m1/s1. The number of primary amides is 1. The van der Waals surface area contributed by atoms with Crippen LogP contribution in [-0.2, 0) is 15.6 Å². The van der Waals surface area contributed by atoms with Crippen molar-refractivity contribution in [1.29, 1.82) is 0 Å². The summed E-state index contributed by atoms with van der Waals surface area (Å²) < 4.78 is 37.7. The molecule has 1 amide bonds. The van der Waals surface area contributed by atoms with E-state index in [-0.39, 0.29) is 5.75 Å². The maximum Gasteiger partial charge on any atom is 0.248 e. The molecule has 22 heavy (non-hydrogen) atoms. The molecular weight excluding hydrogens is 305 g/mol. The highest BCUT2D eigenvalue weighted by Crippen LogP contribution is 2.25. The molecule has 2 rings (SSSR count). The van der Waals surface area contributed by atoms with Crippen molar-refractivity contribution in [3.05, 3.63) is 71.0 Å². The molecule has 2 aromatic rings. The zero-order chi connectivity index (χ0) is 16.3. The monoisotopic (exact) mass is 321 g/mol. The second-order valence-corrected chi connectivity index (χ2v) is 7.38. The minimum absolute atomic E-state index is 0.162. The molecule has 0 fully saturated rings. The average molecular weight is 321 g/mol. The van der Waals surface area contributed by atoms with Crippen molar-refractivity contribution in [2.24, 2.45) is 5.73 Å². The van der Waals surface area contributed by atoms with Crippen LogP contribution in [0.2, 0.25) is 0 Å². The highest BCUT2D eigenvalue weighted by Gasteiger charge is 2.23. The summed E-state index contributed by atoms with van der Waals surface area (Å²) in [5, 5.41) is -0.746.